The third-order valence-electron chi connectivity index (χ3n) is 5.23. The van der Waals surface area contributed by atoms with Crippen LogP contribution in [-0.2, 0) is 16.3 Å². The highest BCUT2D eigenvalue weighted by Gasteiger charge is 2.17. The highest BCUT2D eigenvalue weighted by atomic mass is 32.2. The molecule has 1 aromatic heterocycles. The van der Waals surface area contributed by atoms with Crippen LogP contribution in [0.25, 0.3) is 31.7 Å². The van der Waals surface area contributed by atoms with Crippen LogP contribution in [0.5, 0.6) is 0 Å². The van der Waals surface area contributed by atoms with Crippen LogP contribution in [-0.4, -0.2) is 14.7 Å². The van der Waals surface area contributed by atoms with E-state index in [0.717, 1.165) is 27.1 Å². The lowest BCUT2D eigenvalue weighted by Gasteiger charge is -2.12. The Labute approximate surface area is 186 Å². The number of hydrogen-bond donors (Lipinski definition) is 0. The highest BCUT2D eigenvalue weighted by Crippen LogP contribution is 2.37. The zero-order valence-corrected chi connectivity index (χ0v) is 19.4. The van der Waals surface area contributed by atoms with Gasteiger partial charge in [0, 0.05) is 26.8 Å². The van der Waals surface area contributed by atoms with Crippen molar-refractivity contribution < 1.29 is 8.42 Å². The molecule has 0 fully saturated rings. The summed E-state index contributed by atoms with van der Waals surface area (Å²) in [7, 11) is -3.28. The second-order valence-corrected chi connectivity index (χ2v) is 11.3. The summed E-state index contributed by atoms with van der Waals surface area (Å²) < 4.78 is 24.6. The molecule has 1 heterocycles. The number of rotatable bonds is 5. The maximum Gasteiger partial charge on any atom is 0.196 e. The minimum Gasteiger partial charge on any atom is -0.288 e. The summed E-state index contributed by atoms with van der Waals surface area (Å²) in [6.45, 7) is 4.37. The molecule has 0 saturated heterocycles. The van der Waals surface area contributed by atoms with Crippen molar-refractivity contribution in [2.45, 2.75) is 25.2 Å². The largest absolute Gasteiger partial charge is 0.288 e. The molecule has 0 N–H and O–H groups in total. The number of fused-ring (bicyclic) bond motifs is 1. The fourth-order valence-electron chi connectivity index (χ4n) is 3.74. The van der Waals surface area contributed by atoms with Crippen LogP contribution in [0.3, 0.4) is 0 Å². The molecule has 0 aliphatic carbocycles. The van der Waals surface area contributed by atoms with Gasteiger partial charge in [-0.1, -0.05) is 62.4 Å². The van der Waals surface area contributed by atoms with Crippen molar-refractivity contribution >= 4 is 31.3 Å². The molecule has 0 amide bonds. The molecule has 4 aromatic rings. The molecule has 3 nitrogen and oxygen atoms in total. The molecule has 0 atom stereocenters. The molecule has 0 bridgehead atoms. The maximum absolute atomic E-state index is 13.5. The van der Waals surface area contributed by atoms with Crippen molar-refractivity contribution in [2.75, 3.05) is 6.26 Å². The monoisotopic (exact) mass is 448 g/mol. The van der Waals surface area contributed by atoms with Gasteiger partial charge in [-0.25, -0.2) is 8.42 Å². The first-order valence-electron chi connectivity index (χ1n) is 10.2. The smallest absolute Gasteiger partial charge is 0.196 e. The molecule has 158 valence electrons. The van der Waals surface area contributed by atoms with E-state index >= 15 is 0 Å². The van der Waals surface area contributed by atoms with Crippen molar-refractivity contribution in [3.8, 4) is 21.6 Å². The zero-order valence-electron chi connectivity index (χ0n) is 17.8. The minimum atomic E-state index is -3.28. The first kappa shape index (κ1) is 21.5. The fraction of sp³-hybridized carbons (Fsp3) is 0.192. The van der Waals surface area contributed by atoms with Gasteiger partial charge in [-0.15, -0.1) is 11.3 Å². The van der Waals surface area contributed by atoms with Gasteiger partial charge >= 0.3 is 0 Å². The Kier molecular flexibility index (Phi) is 5.82. The second-order valence-electron chi connectivity index (χ2n) is 8.22. The first-order chi connectivity index (χ1) is 14.7. The molecular weight excluding hydrogens is 424 g/mol. The van der Waals surface area contributed by atoms with Crippen LogP contribution in [0.2, 0.25) is 0 Å². The van der Waals surface area contributed by atoms with E-state index < -0.39 is 9.84 Å². The van der Waals surface area contributed by atoms with Crippen molar-refractivity contribution in [1.82, 2.24) is 0 Å². The quantitative estimate of drug-likeness (QED) is 0.365. The molecular formula is C26H24O3S2. The van der Waals surface area contributed by atoms with Crippen LogP contribution in [0.4, 0.5) is 0 Å². The standard InChI is InChI=1S/C26H24O3S2/c1-17(2)16-18-8-10-19(11-9-18)24-25(27)22-6-4-5-7-23(22)30-26(24)20-12-14-21(15-13-20)31(3,28)29/h4-15,17H,16H2,1-3H3. The van der Waals surface area contributed by atoms with Crippen LogP contribution >= 0.6 is 11.3 Å². The molecule has 0 spiro atoms. The average molecular weight is 449 g/mol. The Morgan fingerprint density at radius 3 is 2.06 bits per heavy atom. The van der Waals surface area contributed by atoms with Gasteiger partial charge in [0.15, 0.2) is 15.3 Å². The molecule has 0 unspecified atom stereocenters. The van der Waals surface area contributed by atoms with E-state index in [2.05, 4.69) is 26.0 Å². The van der Waals surface area contributed by atoms with Gasteiger partial charge in [0.25, 0.3) is 0 Å². The van der Waals surface area contributed by atoms with E-state index in [1.54, 1.807) is 35.6 Å². The van der Waals surface area contributed by atoms with E-state index in [0.29, 0.717) is 16.9 Å². The third kappa shape index (κ3) is 4.48. The summed E-state index contributed by atoms with van der Waals surface area (Å²) in [5.74, 6) is 0.563. The summed E-state index contributed by atoms with van der Waals surface area (Å²) in [5.41, 5.74) is 3.61. The van der Waals surface area contributed by atoms with Crippen molar-refractivity contribution in [1.29, 1.82) is 0 Å². The topological polar surface area (TPSA) is 51.2 Å². The lowest BCUT2D eigenvalue weighted by molar-refractivity contribution is 0.602. The lowest BCUT2D eigenvalue weighted by atomic mass is 9.97. The van der Waals surface area contributed by atoms with Gasteiger partial charge in [-0.2, -0.15) is 0 Å². The molecule has 31 heavy (non-hydrogen) atoms. The third-order valence-corrected chi connectivity index (χ3v) is 7.58. The van der Waals surface area contributed by atoms with E-state index in [1.807, 2.05) is 36.4 Å². The van der Waals surface area contributed by atoms with Gasteiger partial charge < -0.3 is 0 Å². The SMILES string of the molecule is CC(C)Cc1ccc(-c2c(-c3ccc(S(C)(=O)=O)cc3)sc3ccccc3c2=O)cc1. The van der Waals surface area contributed by atoms with E-state index in [1.165, 1.54) is 11.8 Å². The molecule has 3 aromatic carbocycles. The summed E-state index contributed by atoms with van der Waals surface area (Å²) in [6.07, 6.45) is 2.19. The van der Waals surface area contributed by atoms with Crippen LogP contribution in [0.1, 0.15) is 19.4 Å². The van der Waals surface area contributed by atoms with Crippen LogP contribution in [0, 0.1) is 5.92 Å². The maximum atomic E-state index is 13.5. The normalized spacial score (nSPS) is 11.9. The van der Waals surface area contributed by atoms with E-state index in [4.69, 9.17) is 0 Å². The Balaban J connectivity index is 1.93. The van der Waals surface area contributed by atoms with Gasteiger partial charge in [0.05, 0.1) is 4.90 Å². The Bertz CT molecular complexity index is 1400. The zero-order chi connectivity index (χ0) is 22.2. The first-order valence-corrected chi connectivity index (χ1v) is 12.9. The van der Waals surface area contributed by atoms with Crippen molar-refractivity contribution in [2.24, 2.45) is 5.92 Å². The number of sulfone groups is 1. The van der Waals surface area contributed by atoms with Crippen molar-refractivity contribution in [3.63, 3.8) is 0 Å². The summed E-state index contributed by atoms with van der Waals surface area (Å²) >= 11 is 1.55. The summed E-state index contributed by atoms with van der Waals surface area (Å²) in [6, 6.07) is 22.6. The second kappa shape index (κ2) is 8.40. The molecule has 0 radical (unpaired) electrons. The molecule has 0 saturated carbocycles. The Hall–Kier alpha value is -2.76. The molecule has 0 aliphatic rings. The van der Waals surface area contributed by atoms with Gasteiger partial charge in [-0.05, 0) is 53.3 Å². The van der Waals surface area contributed by atoms with E-state index in [9.17, 15) is 13.2 Å². The predicted octanol–water partition coefficient (Wildman–Crippen LogP) is 6.20. The summed E-state index contributed by atoms with van der Waals surface area (Å²) in [5, 5.41) is 0.699. The molecule has 0 aliphatic heterocycles. The van der Waals surface area contributed by atoms with Crippen LogP contribution < -0.4 is 5.43 Å². The number of hydrogen-bond acceptors (Lipinski definition) is 4. The van der Waals surface area contributed by atoms with Gasteiger partial charge in [-0.3, -0.25) is 4.79 Å². The minimum absolute atomic E-state index is 0.00634. The van der Waals surface area contributed by atoms with Gasteiger partial charge in [0.1, 0.15) is 0 Å². The Morgan fingerprint density at radius 1 is 0.839 bits per heavy atom. The average Bonchev–Trinajstić information content (AvgIpc) is 2.74. The predicted molar refractivity (Wildman–Crippen MR) is 131 cm³/mol. The molecule has 5 heteroatoms. The van der Waals surface area contributed by atoms with Gasteiger partial charge in [0.2, 0.25) is 0 Å². The highest BCUT2D eigenvalue weighted by molar-refractivity contribution is 7.90. The molecule has 4 rings (SSSR count). The fourth-order valence-corrected chi connectivity index (χ4v) is 5.57. The lowest BCUT2D eigenvalue weighted by Crippen LogP contribution is -2.06. The van der Waals surface area contributed by atoms with E-state index in [-0.39, 0.29) is 10.3 Å². The van der Waals surface area contributed by atoms with Crippen LogP contribution in [0.15, 0.2) is 82.5 Å². The summed E-state index contributed by atoms with van der Waals surface area (Å²) in [4.78, 5) is 14.6. The van der Waals surface area contributed by atoms with Crippen molar-refractivity contribution in [3.05, 3.63) is 88.6 Å². The number of benzene rings is 3. The Morgan fingerprint density at radius 2 is 1.45 bits per heavy atom.